The van der Waals surface area contributed by atoms with Gasteiger partial charge in [0.15, 0.2) is 0 Å². The van der Waals surface area contributed by atoms with E-state index in [1.165, 1.54) is 0 Å². The summed E-state index contributed by atoms with van der Waals surface area (Å²) in [6.07, 6.45) is 2.23. The molecule has 116 valence electrons. The van der Waals surface area contributed by atoms with Crippen LogP contribution in [-0.4, -0.2) is 43.7 Å². The van der Waals surface area contributed by atoms with Gasteiger partial charge >= 0.3 is 0 Å². The molecular weight excluding hydrogens is 268 g/mol. The molecule has 2 rings (SSSR count). The molecule has 1 aromatic carbocycles. The first-order valence-electron chi connectivity index (χ1n) is 7.54. The van der Waals surface area contributed by atoms with Gasteiger partial charge in [-0.05, 0) is 38.8 Å². The van der Waals surface area contributed by atoms with Gasteiger partial charge in [-0.15, -0.1) is 0 Å². The molecule has 0 aliphatic heterocycles. The van der Waals surface area contributed by atoms with Crippen LogP contribution in [0.3, 0.4) is 0 Å². The first kappa shape index (κ1) is 15.5. The second-order valence-electron chi connectivity index (χ2n) is 5.11. The fourth-order valence-electron chi connectivity index (χ4n) is 2.15. The summed E-state index contributed by atoms with van der Waals surface area (Å²) in [5.74, 6) is 1.61. The van der Waals surface area contributed by atoms with E-state index in [-0.39, 0.29) is 12.5 Å². The summed E-state index contributed by atoms with van der Waals surface area (Å²) < 4.78 is 11.1. The highest BCUT2D eigenvalue weighted by Crippen LogP contribution is 2.30. The van der Waals surface area contributed by atoms with E-state index in [2.05, 4.69) is 5.32 Å². The second-order valence-corrected chi connectivity index (χ2v) is 5.11. The lowest BCUT2D eigenvalue weighted by Gasteiger charge is -2.18. The van der Waals surface area contributed by atoms with Crippen molar-refractivity contribution in [1.29, 1.82) is 0 Å². The molecular formula is C16H24N2O3. The quantitative estimate of drug-likeness (QED) is 0.800. The maximum Gasteiger partial charge on any atom is 0.241 e. The monoisotopic (exact) mass is 292 g/mol. The van der Waals surface area contributed by atoms with Crippen LogP contribution in [0.2, 0.25) is 0 Å². The van der Waals surface area contributed by atoms with Crippen molar-refractivity contribution in [2.24, 2.45) is 0 Å². The van der Waals surface area contributed by atoms with Gasteiger partial charge in [0.1, 0.15) is 11.5 Å². The number of benzene rings is 1. The summed E-state index contributed by atoms with van der Waals surface area (Å²) in [4.78, 5) is 13.9. The number of hydrogen-bond acceptors (Lipinski definition) is 4. The Hall–Kier alpha value is -1.91. The highest BCUT2D eigenvalue weighted by molar-refractivity contribution is 5.82. The molecule has 0 atom stereocenters. The van der Waals surface area contributed by atoms with Crippen molar-refractivity contribution in [3.63, 3.8) is 0 Å². The minimum atomic E-state index is 0.0989. The van der Waals surface area contributed by atoms with Gasteiger partial charge in [0.2, 0.25) is 5.91 Å². The van der Waals surface area contributed by atoms with E-state index in [1.807, 2.05) is 44.0 Å². The zero-order valence-corrected chi connectivity index (χ0v) is 13.0. The molecule has 1 aliphatic carbocycles. The van der Waals surface area contributed by atoms with Gasteiger partial charge in [-0.25, -0.2) is 0 Å². The highest BCUT2D eigenvalue weighted by Gasteiger charge is 2.29. The summed E-state index contributed by atoms with van der Waals surface area (Å²) in [7, 11) is 1.86. The Bertz CT molecular complexity index is 486. The Balaban J connectivity index is 2.01. The summed E-state index contributed by atoms with van der Waals surface area (Å²) in [6.45, 7) is 5.34. The molecule has 1 saturated carbocycles. The van der Waals surface area contributed by atoms with Crippen molar-refractivity contribution >= 4 is 11.6 Å². The van der Waals surface area contributed by atoms with E-state index in [0.29, 0.717) is 19.3 Å². The van der Waals surface area contributed by atoms with Crippen molar-refractivity contribution in [3.05, 3.63) is 18.2 Å². The molecule has 0 aromatic heterocycles. The second kappa shape index (κ2) is 7.20. The van der Waals surface area contributed by atoms with E-state index < -0.39 is 0 Å². The number of amides is 1. The normalized spacial score (nSPS) is 13.7. The summed E-state index contributed by atoms with van der Waals surface area (Å²) in [6, 6.07) is 6.04. The lowest BCUT2D eigenvalue weighted by Crippen LogP contribution is -2.33. The molecule has 1 aliphatic rings. The van der Waals surface area contributed by atoms with Crippen LogP contribution in [0, 0.1) is 0 Å². The smallest absolute Gasteiger partial charge is 0.241 e. The predicted molar refractivity (Wildman–Crippen MR) is 83.1 cm³/mol. The summed E-state index contributed by atoms with van der Waals surface area (Å²) >= 11 is 0. The Kier molecular flexibility index (Phi) is 5.31. The summed E-state index contributed by atoms with van der Waals surface area (Å²) in [5.41, 5.74) is 0.792. The van der Waals surface area contributed by atoms with E-state index in [9.17, 15) is 4.79 Å². The molecule has 0 radical (unpaired) electrons. The lowest BCUT2D eigenvalue weighted by atomic mass is 10.2. The number of likely N-dealkylation sites (N-methyl/N-ethyl adjacent to an activating group) is 1. The number of ether oxygens (including phenoxy) is 2. The Morgan fingerprint density at radius 1 is 1.29 bits per heavy atom. The predicted octanol–water partition coefficient (Wildman–Crippen LogP) is 2.52. The first-order chi connectivity index (χ1) is 10.2. The van der Waals surface area contributed by atoms with Crippen LogP contribution in [0.25, 0.3) is 0 Å². The van der Waals surface area contributed by atoms with Gasteiger partial charge in [-0.3, -0.25) is 4.79 Å². The number of anilines is 1. The average Bonchev–Trinajstić information content (AvgIpc) is 3.31. The van der Waals surface area contributed by atoms with Crippen molar-refractivity contribution in [1.82, 2.24) is 4.90 Å². The van der Waals surface area contributed by atoms with Gasteiger partial charge in [-0.1, -0.05) is 0 Å². The third kappa shape index (κ3) is 4.28. The average molecular weight is 292 g/mol. The SMILES string of the molecule is CCOc1ccc(OCC)c(NCC(=O)N(C)C2CC2)c1. The van der Waals surface area contributed by atoms with Gasteiger partial charge in [0, 0.05) is 19.2 Å². The number of carbonyl (C=O) groups excluding carboxylic acids is 1. The molecule has 1 N–H and O–H groups in total. The molecule has 1 amide bonds. The van der Waals surface area contributed by atoms with Crippen LogP contribution in [0.4, 0.5) is 5.69 Å². The van der Waals surface area contributed by atoms with Gasteiger partial charge in [-0.2, -0.15) is 0 Å². The number of carbonyl (C=O) groups is 1. The Morgan fingerprint density at radius 2 is 2.00 bits per heavy atom. The minimum Gasteiger partial charge on any atom is -0.494 e. The van der Waals surface area contributed by atoms with Gasteiger partial charge in [0.25, 0.3) is 0 Å². The van der Waals surface area contributed by atoms with Crippen LogP contribution >= 0.6 is 0 Å². The van der Waals surface area contributed by atoms with Crippen LogP contribution in [0.5, 0.6) is 11.5 Å². The highest BCUT2D eigenvalue weighted by atomic mass is 16.5. The van der Waals surface area contributed by atoms with Crippen molar-refractivity contribution < 1.29 is 14.3 Å². The van der Waals surface area contributed by atoms with E-state index in [4.69, 9.17) is 9.47 Å². The molecule has 1 aromatic rings. The fourth-order valence-corrected chi connectivity index (χ4v) is 2.15. The molecule has 0 bridgehead atoms. The fraction of sp³-hybridized carbons (Fsp3) is 0.562. The molecule has 5 heteroatoms. The van der Waals surface area contributed by atoms with Crippen LogP contribution < -0.4 is 14.8 Å². The third-order valence-electron chi connectivity index (χ3n) is 3.48. The topological polar surface area (TPSA) is 50.8 Å². The number of rotatable bonds is 8. The van der Waals surface area contributed by atoms with Crippen LogP contribution in [-0.2, 0) is 4.79 Å². The zero-order chi connectivity index (χ0) is 15.2. The molecule has 1 fully saturated rings. The van der Waals surface area contributed by atoms with E-state index >= 15 is 0 Å². The minimum absolute atomic E-state index is 0.0989. The van der Waals surface area contributed by atoms with Gasteiger partial charge in [0.05, 0.1) is 25.4 Å². The maximum absolute atomic E-state index is 12.1. The van der Waals surface area contributed by atoms with Crippen molar-refractivity contribution in [3.8, 4) is 11.5 Å². The van der Waals surface area contributed by atoms with Crippen molar-refractivity contribution in [2.45, 2.75) is 32.7 Å². The number of nitrogens with zero attached hydrogens (tertiary/aromatic N) is 1. The van der Waals surface area contributed by atoms with Crippen LogP contribution in [0.1, 0.15) is 26.7 Å². The molecule has 0 unspecified atom stereocenters. The van der Waals surface area contributed by atoms with Crippen LogP contribution in [0.15, 0.2) is 18.2 Å². The lowest BCUT2D eigenvalue weighted by molar-refractivity contribution is -0.128. The third-order valence-corrected chi connectivity index (χ3v) is 3.48. The molecule has 0 spiro atoms. The van der Waals surface area contributed by atoms with Crippen molar-refractivity contribution in [2.75, 3.05) is 32.1 Å². The molecule has 21 heavy (non-hydrogen) atoms. The Labute approximate surface area is 126 Å². The molecule has 0 heterocycles. The summed E-state index contributed by atoms with van der Waals surface area (Å²) in [5, 5.41) is 3.16. The molecule has 0 saturated heterocycles. The largest absolute Gasteiger partial charge is 0.494 e. The maximum atomic E-state index is 12.1. The van der Waals surface area contributed by atoms with Gasteiger partial charge < -0.3 is 19.7 Å². The van der Waals surface area contributed by atoms with E-state index in [1.54, 1.807) is 0 Å². The number of nitrogens with one attached hydrogen (secondary N) is 1. The zero-order valence-electron chi connectivity index (χ0n) is 13.0. The Morgan fingerprint density at radius 3 is 2.62 bits per heavy atom. The van der Waals surface area contributed by atoms with E-state index in [0.717, 1.165) is 30.0 Å². The number of hydrogen-bond donors (Lipinski definition) is 1. The molecule has 5 nitrogen and oxygen atoms in total. The first-order valence-corrected chi connectivity index (χ1v) is 7.54. The standard InChI is InChI=1S/C16H24N2O3/c1-4-20-13-8-9-15(21-5-2)14(10-13)17-11-16(19)18(3)12-6-7-12/h8-10,12,17H,4-7,11H2,1-3H3.